The second-order valence-electron chi connectivity index (χ2n) is 5.41. The van der Waals surface area contributed by atoms with E-state index >= 15 is 0 Å². The molecule has 98 valence electrons. The van der Waals surface area contributed by atoms with Gasteiger partial charge in [0.05, 0.1) is 0 Å². The van der Waals surface area contributed by atoms with Crippen LogP contribution >= 0.6 is 11.8 Å². The van der Waals surface area contributed by atoms with Crippen molar-refractivity contribution >= 4 is 17.7 Å². The van der Waals surface area contributed by atoms with Crippen molar-refractivity contribution in [3.8, 4) is 0 Å². The first-order valence-electron chi connectivity index (χ1n) is 6.80. The van der Waals surface area contributed by atoms with Gasteiger partial charge in [-0.3, -0.25) is 4.79 Å². The quantitative estimate of drug-likeness (QED) is 0.833. The molecule has 3 nitrogen and oxygen atoms in total. The third kappa shape index (κ3) is 3.38. The number of carbonyl (C=O) groups is 1. The van der Waals surface area contributed by atoms with Crippen molar-refractivity contribution in [2.24, 2.45) is 0 Å². The van der Waals surface area contributed by atoms with Gasteiger partial charge in [0.2, 0.25) is 5.91 Å². The summed E-state index contributed by atoms with van der Waals surface area (Å²) in [5.41, 5.74) is 0. The van der Waals surface area contributed by atoms with E-state index in [1.165, 1.54) is 25.0 Å². The predicted molar refractivity (Wildman–Crippen MR) is 73.4 cm³/mol. The van der Waals surface area contributed by atoms with Crippen LogP contribution in [0.2, 0.25) is 0 Å². The largest absolute Gasteiger partial charge is 0.337 e. The molecule has 1 amide bonds. The lowest BCUT2D eigenvalue weighted by Crippen LogP contribution is -2.50. The molecule has 0 spiro atoms. The average molecular weight is 256 g/mol. The van der Waals surface area contributed by atoms with Gasteiger partial charge in [-0.05, 0) is 33.1 Å². The average Bonchev–Trinajstić information content (AvgIpc) is 2.23. The molecule has 0 aromatic rings. The molecule has 4 heteroatoms. The minimum Gasteiger partial charge on any atom is -0.337 e. The minimum atomic E-state index is 0.351. The molecule has 2 aliphatic rings. The van der Waals surface area contributed by atoms with E-state index in [0.29, 0.717) is 30.5 Å². The molecule has 1 atom stereocenters. The van der Waals surface area contributed by atoms with E-state index in [9.17, 15) is 4.79 Å². The lowest BCUT2D eigenvalue weighted by molar-refractivity contribution is -0.137. The molecule has 1 saturated heterocycles. The van der Waals surface area contributed by atoms with Crippen LogP contribution in [0.1, 0.15) is 39.5 Å². The van der Waals surface area contributed by atoms with Crippen LogP contribution in [0.4, 0.5) is 0 Å². The summed E-state index contributed by atoms with van der Waals surface area (Å²) in [5, 5.41) is 3.45. The zero-order valence-corrected chi connectivity index (χ0v) is 11.8. The Bertz CT molecular complexity index is 260. The molecule has 0 aromatic carbocycles. The smallest absolute Gasteiger partial charge is 0.224 e. The Balaban J connectivity index is 1.86. The van der Waals surface area contributed by atoms with Crippen molar-refractivity contribution < 1.29 is 4.79 Å². The molecule has 2 fully saturated rings. The van der Waals surface area contributed by atoms with Gasteiger partial charge in [-0.1, -0.05) is 0 Å². The van der Waals surface area contributed by atoms with E-state index in [1.54, 1.807) is 0 Å². The van der Waals surface area contributed by atoms with Gasteiger partial charge in [-0.2, -0.15) is 11.8 Å². The summed E-state index contributed by atoms with van der Waals surface area (Å²) in [4.78, 5) is 14.5. The Labute approximate surface area is 109 Å². The first kappa shape index (κ1) is 13.2. The first-order valence-corrected chi connectivity index (χ1v) is 7.96. The Kier molecular flexibility index (Phi) is 4.74. The summed E-state index contributed by atoms with van der Waals surface area (Å²) in [6, 6.07) is 1.27. The lowest BCUT2D eigenvalue weighted by Gasteiger charge is -2.41. The fraction of sp³-hybridized carbons (Fsp3) is 0.923. The van der Waals surface area contributed by atoms with E-state index in [4.69, 9.17) is 0 Å². The molecule has 1 unspecified atom stereocenters. The zero-order valence-electron chi connectivity index (χ0n) is 10.9. The Morgan fingerprint density at radius 3 is 2.71 bits per heavy atom. The van der Waals surface area contributed by atoms with Gasteiger partial charge in [0.15, 0.2) is 0 Å². The fourth-order valence-electron chi connectivity index (χ4n) is 2.65. The van der Waals surface area contributed by atoms with Crippen LogP contribution in [-0.2, 0) is 4.79 Å². The van der Waals surface area contributed by atoms with Crippen molar-refractivity contribution in [3.05, 3.63) is 0 Å². The highest BCUT2D eigenvalue weighted by Crippen LogP contribution is 2.27. The lowest BCUT2D eigenvalue weighted by atomic mass is 9.90. The predicted octanol–water partition coefficient (Wildman–Crippen LogP) is 1.87. The van der Waals surface area contributed by atoms with Crippen molar-refractivity contribution in [2.75, 3.05) is 18.1 Å². The number of rotatable bonds is 4. The van der Waals surface area contributed by atoms with E-state index in [-0.39, 0.29) is 0 Å². The number of thioether (sulfide) groups is 1. The second-order valence-corrected chi connectivity index (χ2v) is 6.56. The molecular formula is C13H24N2OS. The number of amides is 1. The van der Waals surface area contributed by atoms with Gasteiger partial charge >= 0.3 is 0 Å². The molecule has 0 bridgehead atoms. The standard InChI is InChI=1S/C13H24N2OS/c1-10(2)15(12-4-3-5-12)13(16)8-11-9-17-7-6-14-11/h10-12,14H,3-9H2,1-2H3. The molecule has 0 radical (unpaired) electrons. The Morgan fingerprint density at radius 1 is 1.47 bits per heavy atom. The maximum absolute atomic E-state index is 12.4. The number of nitrogens with zero attached hydrogens (tertiary/aromatic N) is 1. The van der Waals surface area contributed by atoms with Gasteiger partial charge in [-0.15, -0.1) is 0 Å². The van der Waals surface area contributed by atoms with Crippen molar-refractivity contribution in [1.29, 1.82) is 0 Å². The zero-order chi connectivity index (χ0) is 12.3. The molecule has 1 aliphatic heterocycles. The molecule has 17 heavy (non-hydrogen) atoms. The SMILES string of the molecule is CC(C)N(C(=O)CC1CSCCN1)C1CCC1. The normalized spacial score (nSPS) is 25.7. The van der Waals surface area contributed by atoms with E-state index in [1.807, 2.05) is 11.8 Å². The van der Waals surface area contributed by atoms with Crippen molar-refractivity contribution in [2.45, 2.75) is 57.7 Å². The highest BCUT2D eigenvalue weighted by molar-refractivity contribution is 7.99. The van der Waals surface area contributed by atoms with E-state index in [0.717, 1.165) is 12.3 Å². The van der Waals surface area contributed by atoms with Gasteiger partial charge in [0, 0.05) is 42.6 Å². The maximum Gasteiger partial charge on any atom is 0.224 e. The van der Waals surface area contributed by atoms with Crippen LogP contribution in [0, 0.1) is 0 Å². The molecule has 1 saturated carbocycles. The Morgan fingerprint density at radius 2 is 2.24 bits per heavy atom. The highest BCUT2D eigenvalue weighted by atomic mass is 32.2. The Hall–Kier alpha value is -0.220. The molecule has 0 aromatic heterocycles. The highest BCUT2D eigenvalue weighted by Gasteiger charge is 2.31. The number of hydrogen-bond acceptors (Lipinski definition) is 3. The molecule has 1 aliphatic carbocycles. The number of nitrogens with one attached hydrogen (secondary N) is 1. The van der Waals surface area contributed by atoms with Crippen LogP contribution < -0.4 is 5.32 Å². The second kappa shape index (κ2) is 6.10. The minimum absolute atomic E-state index is 0.351. The summed E-state index contributed by atoms with van der Waals surface area (Å²) in [5.74, 6) is 2.62. The van der Waals surface area contributed by atoms with E-state index in [2.05, 4.69) is 24.1 Å². The fourth-order valence-corrected chi connectivity index (χ4v) is 3.59. The summed E-state index contributed by atoms with van der Waals surface area (Å²) in [7, 11) is 0. The van der Waals surface area contributed by atoms with Gasteiger partial charge < -0.3 is 10.2 Å². The summed E-state index contributed by atoms with van der Waals surface area (Å²) < 4.78 is 0. The van der Waals surface area contributed by atoms with Crippen LogP contribution in [-0.4, -0.2) is 47.0 Å². The summed E-state index contributed by atoms with van der Waals surface area (Å²) in [6.45, 7) is 5.33. The number of hydrogen-bond donors (Lipinski definition) is 1. The summed E-state index contributed by atoms with van der Waals surface area (Å²) >= 11 is 1.96. The third-order valence-electron chi connectivity index (χ3n) is 3.73. The molecule has 1 N–H and O–H groups in total. The van der Waals surface area contributed by atoms with Gasteiger partial charge in [0.25, 0.3) is 0 Å². The third-order valence-corrected chi connectivity index (χ3v) is 4.86. The van der Waals surface area contributed by atoms with Crippen LogP contribution in [0.25, 0.3) is 0 Å². The monoisotopic (exact) mass is 256 g/mol. The van der Waals surface area contributed by atoms with Crippen LogP contribution in [0.3, 0.4) is 0 Å². The summed E-state index contributed by atoms with van der Waals surface area (Å²) in [6.07, 6.45) is 4.38. The van der Waals surface area contributed by atoms with Crippen molar-refractivity contribution in [1.82, 2.24) is 10.2 Å². The van der Waals surface area contributed by atoms with Crippen LogP contribution in [0.15, 0.2) is 0 Å². The molecule has 2 rings (SSSR count). The van der Waals surface area contributed by atoms with Gasteiger partial charge in [-0.25, -0.2) is 0 Å². The topological polar surface area (TPSA) is 32.3 Å². The first-order chi connectivity index (χ1) is 8.18. The molecule has 1 heterocycles. The molecular weight excluding hydrogens is 232 g/mol. The number of carbonyl (C=O) groups excluding carboxylic acids is 1. The maximum atomic E-state index is 12.4. The van der Waals surface area contributed by atoms with Gasteiger partial charge in [0.1, 0.15) is 0 Å². The van der Waals surface area contributed by atoms with Crippen molar-refractivity contribution in [3.63, 3.8) is 0 Å². The van der Waals surface area contributed by atoms with Crippen LogP contribution in [0.5, 0.6) is 0 Å². The van der Waals surface area contributed by atoms with E-state index < -0.39 is 0 Å².